The monoisotopic (exact) mass is 365 g/mol. The van der Waals surface area contributed by atoms with Crippen molar-refractivity contribution in [2.45, 2.75) is 10.1 Å². The molecule has 4 aromatic rings. The van der Waals surface area contributed by atoms with E-state index in [4.69, 9.17) is 0 Å². The van der Waals surface area contributed by atoms with Gasteiger partial charge in [0.2, 0.25) is 5.13 Å². The number of hydrogen-bond donors (Lipinski definition) is 1. The van der Waals surface area contributed by atoms with Crippen LogP contribution in [-0.4, -0.2) is 20.0 Å². The summed E-state index contributed by atoms with van der Waals surface area (Å²) >= 11 is 3.25. The number of para-hydroxylation sites is 1. The minimum Gasteiger partial charge on any atom is -0.330 e. The fourth-order valence-electron chi connectivity index (χ4n) is 2.28. The number of nitrogens with zero attached hydrogens (tertiary/aromatic N) is 4. The molecular formula is C18H15N5S2. The summed E-state index contributed by atoms with van der Waals surface area (Å²) in [6.45, 7) is 0. The van der Waals surface area contributed by atoms with E-state index in [9.17, 15) is 0 Å². The van der Waals surface area contributed by atoms with Crippen molar-refractivity contribution in [3.63, 3.8) is 0 Å². The highest BCUT2D eigenvalue weighted by Gasteiger charge is 2.06. The Morgan fingerprint density at radius 2 is 1.80 bits per heavy atom. The van der Waals surface area contributed by atoms with E-state index in [2.05, 4.69) is 44.9 Å². The lowest BCUT2D eigenvalue weighted by Crippen LogP contribution is -1.93. The van der Waals surface area contributed by atoms with Crippen molar-refractivity contribution in [2.75, 3.05) is 5.32 Å². The molecular weight excluding hydrogens is 350 g/mol. The number of thioether (sulfide) groups is 1. The average molecular weight is 365 g/mol. The first-order valence-electron chi connectivity index (χ1n) is 7.74. The molecule has 124 valence electrons. The van der Waals surface area contributed by atoms with Gasteiger partial charge in [-0.05, 0) is 35.9 Å². The second-order valence-electron chi connectivity index (χ2n) is 5.27. The molecule has 0 saturated carbocycles. The Kier molecular flexibility index (Phi) is 4.76. The normalized spacial score (nSPS) is 10.7. The SMILES string of the molecule is c1ccc(Nc2nnc(SCc3ccc(-n4cccn4)cc3)s2)cc1. The van der Waals surface area contributed by atoms with Crippen molar-refractivity contribution in [1.29, 1.82) is 0 Å². The number of hydrogen-bond acceptors (Lipinski definition) is 6. The first kappa shape index (κ1) is 15.9. The van der Waals surface area contributed by atoms with Gasteiger partial charge in [-0.25, -0.2) is 4.68 Å². The minimum absolute atomic E-state index is 0.808. The van der Waals surface area contributed by atoms with E-state index >= 15 is 0 Å². The summed E-state index contributed by atoms with van der Waals surface area (Å²) in [6.07, 6.45) is 3.71. The van der Waals surface area contributed by atoms with Crippen LogP contribution in [0.5, 0.6) is 0 Å². The van der Waals surface area contributed by atoms with Crippen LogP contribution in [0.3, 0.4) is 0 Å². The van der Waals surface area contributed by atoms with Crippen LogP contribution in [0.2, 0.25) is 0 Å². The van der Waals surface area contributed by atoms with Crippen LogP contribution < -0.4 is 5.32 Å². The zero-order chi connectivity index (χ0) is 16.9. The predicted molar refractivity (Wildman–Crippen MR) is 103 cm³/mol. The van der Waals surface area contributed by atoms with Gasteiger partial charge in [0, 0.05) is 23.8 Å². The number of benzene rings is 2. The lowest BCUT2D eigenvalue weighted by atomic mass is 10.2. The molecule has 0 aliphatic carbocycles. The second-order valence-corrected chi connectivity index (χ2v) is 7.47. The predicted octanol–water partition coefficient (Wildman–Crippen LogP) is 4.76. The summed E-state index contributed by atoms with van der Waals surface area (Å²) in [5.41, 5.74) is 3.32. The van der Waals surface area contributed by atoms with Crippen molar-refractivity contribution in [2.24, 2.45) is 0 Å². The van der Waals surface area contributed by atoms with E-state index in [-0.39, 0.29) is 0 Å². The van der Waals surface area contributed by atoms with Crippen LogP contribution in [0.4, 0.5) is 10.8 Å². The molecule has 0 atom stereocenters. The van der Waals surface area contributed by atoms with E-state index in [1.165, 1.54) is 5.56 Å². The zero-order valence-corrected chi connectivity index (χ0v) is 14.9. The Morgan fingerprint density at radius 1 is 0.960 bits per heavy atom. The van der Waals surface area contributed by atoms with Crippen molar-refractivity contribution in [3.05, 3.63) is 78.6 Å². The summed E-state index contributed by atoms with van der Waals surface area (Å²) in [4.78, 5) is 0. The Morgan fingerprint density at radius 3 is 2.56 bits per heavy atom. The number of nitrogens with one attached hydrogen (secondary N) is 1. The summed E-state index contributed by atoms with van der Waals surface area (Å²) in [7, 11) is 0. The molecule has 0 spiro atoms. The molecule has 0 saturated heterocycles. The van der Waals surface area contributed by atoms with Crippen molar-refractivity contribution in [3.8, 4) is 5.69 Å². The highest BCUT2D eigenvalue weighted by atomic mass is 32.2. The fourth-order valence-corrected chi connectivity index (χ4v) is 4.00. The van der Waals surface area contributed by atoms with Gasteiger partial charge >= 0.3 is 0 Å². The van der Waals surface area contributed by atoms with Gasteiger partial charge in [-0.3, -0.25) is 0 Å². The molecule has 0 bridgehead atoms. The highest BCUT2D eigenvalue weighted by Crippen LogP contribution is 2.29. The third-order valence-corrected chi connectivity index (χ3v) is 5.54. The zero-order valence-electron chi connectivity index (χ0n) is 13.2. The third kappa shape index (κ3) is 4.07. The molecule has 5 nitrogen and oxygen atoms in total. The molecule has 25 heavy (non-hydrogen) atoms. The average Bonchev–Trinajstić information content (AvgIpc) is 3.33. The molecule has 2 aromatic carbocycles. The maximum Gasteiger partial charge on any atom is 0.210 e. The molecule has 0 amide bonds. The van der Waals surface area contributed by atoms with Crippen molar-refractivity contribution >= 4 is 33.9 Å². The van der Waals surface area contributed by atoms with Gasteiger partial charge in [0.25, 0.3) is 0 Å². The standard InChI is InChI=1S/C18H15N5S2/c1-2-5-15(6-3-1)20-17-21-22-18(25-17)24-13-14-7-9-16(10-8-14)23-12-4-11-19-23/h1-12H,13H2,(H,20,21). The summed E-state index contributed by atoms with van der Waals surface area (Å²) in [5, 5.41) is 16.7. The van der Waals surface area contributed by atoms with Crippen LogP contribution in [0.25, 0.3) is 5.69 Å². The van der Waals surface area contributed by atoms with Gasteiger partial charge in [-0.2, -0.15) is 5.10 Å². The van der Waals surface area contributed by atoms with Gasteiger partial charge in [-0.15, -0.1) is 10.2 Å². The van der Waals surface area contributed by atoms with Crippen LogP contribution in [0.15, 0.2) is 77.4 Å². The number of anilines is 2. The molecule has 2 aromatic heterocycles. The van der Waals surface area contributed by atoms with Gasteiger partial charge < -0.3 is 5.32 Å². The van der Waals surface area contributed by atoms with E-state index in [1.807, 2.05) is 47.3 Å². The largest absolute Gasteiger partial charge is 0.330 e. The van der Waals surface area contributed by atoms with Crippen molar-refractivity contribution in [1.82, 2.24) is 20.0 Å². The molecule has 0 fully saturated rings. The molecule has 2 heterocycles. The van der Waals surface area contributed by atoms with E-state index in [0.717, 1.165) is 26.6 Å². The van der Waals surface area contributed by atoms with Gasteiger partial charge in [-0.1, -0.05) is 53.4 Å². The van der Waals surface area contributed by atoms with Crippen LogP contribution >= 0.6 is 23.1 Å². The Balaban J connectivity index is 1.35. The second kappa shape index (κ2) is 7.50. The minimum atomic E-state index is 0.808. The first-order chi connectivity index (χ1) is 12.4. The molecule has 1 N–H and O–H groups in total. The summed E-state index contributed by atoms with van der Waals surface area (Å²) in [5.74, 6) is 0.860. The van der Waals surface area contributed by atoms with Gasteiger partial charge in [0.1, 0.15) is 0 Å². The van der Waals surface area contributed by atoms with Gasteiger partial charge in [0.05, 0.1) is 5.69 Å². The molecule has 0 aliphatic heterocycles. The first-order valence-corrected chi connectivity index (χ1v) is 9.54. The maximum atomic E-state index is 4.24. The summed E-state index contributed by atoms with van der Waals surface area (Å²) in [6, 6.07) is 20.3. The molecule has 0 aliphatic rings. The number of rotatable bonds is 6. The van der Waals surface area contributed by atoms with E-state index in [1.54, 1.807) is 29.3 Å². The topological polar surface area (TPSA) is 55.6 Å². The Bertz CT molecular complexity index is 918. The maximum absolute atomic E-state index is 4.24. The summed E-state index contributed by atoms with van der Waals surface area (Å²) < 4.78 is 2.80. The Hall–Kier alpha value is -2.64. The Labute approximate surface area is 153 Å². The van der Waals surface area contributed by atoms with Gasteiger partial charge in [0.15, 0.2) is 4.34 Å². The van der Waals surface area contributed by atoms with Crippen LogP contribution in [-0.2, 0) is 5.75 Å². The quantitative estimate of drug-likeness (QED) is 0.499. The lowest BCUT2D eigenvalue weighted by molar-refractivity contribution is 0.880. The van der Waals surface area contributed by atoms with Crippen LogP contribution in [0, 0.1) is 0 Å². The smallest absolute Gasteiger partial charge is 0.210 e. The van der Waals surface area contributed by atoms with E-state index in [0.29, 0.717) is 0 Å². The van der Waals surface area contributed by atoms with Crippen molar-refractivity contribution < 1.29 is 0 Å². The number of aromatic nitrogens is 4. The fraction of sp³-hybridized carbons (Fsp3) is 0.0556. The van der Waals surface area contributed by atoms with E-state index < -0.39 is 0 Å². The van der Waals surface area contributed by atoms with Crippen LogP contribution in [0.1, 0.15) is 5.56 Å². The molecule has 4 rings (SSSR count). The third-order valence-electron chi connectivity index (χ3n) is 3.50. The molecule has 7 heteroatoms. The lowest BCUT2D eigenvalue weighted by Gasteiger charge is -2.03. The molecule has 0 radical (unpaired) electrons. The molecule has 0 unspecified atom stereocenters. The highest BCUT2D eigenvalue weighted by molar-refractivity contribution is 8.00.